The van der Waals surface area contributed by atoms with Crippen LogP contribution in [0.5, 0.6) is 0 Å². The number of amides is 2. The number of carbonyl (C=O) groups is 1. The second-order valence-corrected chi connectivity index (χ2v) is 9.98. The number of hydrogen-bond donors (Lipinski definition) is 1. The van der Waals surface area contributed by atoms with Gasteiger partial charge in [-0.1, -0.05) is 11.3 Å². The minimum atomic E-state index is -0.0309. The third kappa shape index (κ3) is 4.09. The highest BCUT2D eigenvalue weighted by Crippen LogP contribution is 2.33. The second-order valence-electron chi connectivity index (χ2n) is 8.10. The normalized spacial score (nSPS) is 20.0. The molecule has 9 heteroatoms. The molecule has 0 atom stereocenters. The Kier molecular flexibility index (Phi) is 5.38. The van der Waals surface area contributed by atoms with Crippen LogP contribution in [-0.2, 0) is 0 Å². The molecule has 2 aromatic heterocycles. The molecule has 0 aliphatic carbocycles. The van der Waals surface area contributed by atoms with Crippen LogP contribution in [0.2, 0.25) is 0 Å². The summed E-state index contributed by atoms with van der Waals surface area (Å²) in [7, 11) is 2.19. The number of thiazole rings is 2. The van der Waals surface area contributed by atoms with Gasteiger partial charge in [-0.3, -0.25) is 5.32 Å². The number of carbonyl (C=O) groups excluding carboxylic acids is 1. The molecule has 1 N–H and O–H groups in total. The molecule has 0 bridgehead atoms. The van der Waals surface area contributed by atoms with Gasteiger partial charge in [0.25, 0.3) is 0 Å². The number of hydrogen-bond acceptors (Lipinski definition) is 7. The molecule has 5 rings (SSSR count). The summed E-state index contributed by atoms with van der Waals surface area (Å²) in [5.74, 6) is 0.697. The third-order valence-corrected chi connectivity index (χ3v) is 7.87. The van der Waals surface area contributed by atoms with Crippen molar-refractivity contribution in [2.24, 2.45) is 5.92 Å². The van der Waals surface area contributed by atoms with Gasteiger partial charge in [0.05, 0.1) is 20.4 Å². The van der Waals surface area contributed by atoms with Gasteiger partial charge in [-0.25, -0.2) is 14.8 Å². The number of aromatic nitrogens is 2. The number of piperazine rings is 1. The lowest BCUT2D eigenvalue weighted by Gasteiger charge is -2.37. The fraction of sp³-hybridized carbons (Fsp3) is 0.550. The topological polar surface area (TPSA) is 64.6 Å². The van der Waals surface area contributed by atoms with Gasteiger partial charge in [0.15, 0.2) is 5.13 Å². The van der Waals surface area contributed by atoms with E-state index in [1.54, 1.807) is 11.3 Å². The van der Waals surface area contributed by atoms with E-state index in [1.807, 2.05) is 22.5 Å². The van der Waals surface area contributed by atoms with Gasteiger partial charge >= 0.3 is 6.03 Å². The summed E-state index contributed by atoms with van der Waals surface area (Å²) in [6.07, 6.45) is 2.16. The van der Waals surface area contributed by atoms with E-state index < -0.39 is 0 Å². The van der Waals surface area contributed by atoms with Crippen molar-refractivity contribution >= 4 is 54.3 Å². The van der Waals surface area contributed by atoms with Crippen molar-refractivity contribution in [2.45, 2.75) is 12.8 Å². The monoisotopic (exact) mass is 430 g/mol. The highest BCUT2D eigenvalue weighted by atomic mass is 32.1. The first-order valence-corrected chi connectivity index (χ1v) is 11.9. The van der Waals surface area contributed by atoms with E-state index in [1.165, 1.54) is 31.0 Å². The highest BCUT2D eigenvalue weighted by molar-refractivity contribution is 7.24. The minimum Gasteiger partial charge on any atom is -0.324 e. The third-order valence-electron chi connectivity index (χ3n) is 6.08. The molecule has 0 spiro atoms. The maximum absolute atomic E-state index is 12.7. The van der Waals surface area contributed by atoms with E-state index in [0.717, 1.165) is 59.5 Å². The molecule has 154 valence electrons. The predicted molar refractivity (Wildman–Crippen MR) is 120 cm³/mol. The number of nitrogens with zero attached hydrogens (tertiary/aromatic N) is 5. The van der Waals surface area contributed by atoms with E-state index in [9.17, 15) is 4.79 Å². The molecular formula is C20H26N6OS2. The van der Waals surface area contributed by atoms with Crippen LogP contribution in [0.4, 0.5) is 9.93 Å². The fourth-order valence-electron chi connectivity index (χ4n) is 4.25. The summed E-state index contributed by atoms with van der Waals surface area (Å²) in [6.45, 7) is 7.48. The molecule has 3 aromatic rings. The SMILES string of the molecule is CN1CCN(CC2CCN(C(=O)Nc3nc4ccc5scnc5c4s3)CC2)CC1. The molecule has 0 radical (unpaired) electrons. The summed E-state index contributed by atoms with van der Waals surface area (Å²) in [5.41, 5.74) is 3.73. The van der Waals surface area contributed by atoms with Crippen molar-refractivity contribution in [3.8, 4) is 0 Å². The molecule has 2 amide bonds. The number of likely N-dealkylation sites (N-methyl/N-ethyl adjacent to an activating group) is 1. The summed E-state index contributed by atoms with van der Waals surface area (Å²) >= 11 is 3.14. The average molecular weight is 431 g/mol. The van der Waals surface area contributed by atoms with Gasteiger partial charge in [0.1, 0.15) is 5.52 Å². The summed E-state index contributed by atoms with van der Waals surface area (Å²) in [6, 6.07) is 4.02. The van der Waals surface area contributed by atoms with Gasteiger partial charge in [0, 0.05) is 45.8 Å². The van der Waals surface area contributed by atoms with Crippen molar-refractivity contribution in [3.05, 3.63) is 17.6 Å². The van der Waals surface area contributed by atoms with E-state index in [2.05, 4.69) is 32.1 Å². The van der Waals surface area contributed by atoms with Crippen molar-refractivity contribution in [1.82, 2.24) is 24.7 Å². The Balaban J connectivity index is 1.16. The Morgan fingerprint density at radius 2 is 1.97 bits per heavy atom. The number of rotatable bonds is 3. The van der Waals surface area contributed by atoms with Gasteiger partial charge in [-0.2, -0.15) is 0 Å². The number of piperidine rings is 1. The van der Waals surface area contributed by atoms with Crippen LogP contribution < -0.4 is 5.32 Å². The molecule has 0 saturated carbocycles. The van der Waals surface area contributed by atoms with Crippen LogP contribution in [0.3, 0.4) is 0 Å². The lowest BCUT2D eigenvalue weighted by atomic mass is 9.96. The maximum atomic E-state index is 12.7. The number of urea groups is 1. The number of likely N-dealkylation sites (tertiary alicyclic amines) is 1. The average Bonchev–Trinajstić information content (AvgIpc) is 3.36. The van der Waals surface area contributed by atoms with Crippen LogP contribution in [0, 0.1) is 5.92 Å². The highest BCUT2D eigenvalue weighted by Gasteiger charge is 2.26. The molecule has 2 fully saturated rings. The molecule has 29 heavy (non-hydrogen) atoms. The maximum Gasteiger partial charge on any atom is 0.323 e. The van der Waals surface area contributed by atoms with Crippen molar-refractivity contribution in [2.75, 3.05) is 58.2 Å². The zero-order valence-electron chi connectivity index (χ0n) is 16.6. The minimum absolute atomic E-state index is 0.0309. The second kappa shape index (κ2) is 8.14. The van der Waals surface area contributed by atoms with Crippen molar-refractivity contribution < 1.29 is 4.79 Å². The number of benzene rings is 1. The molecule has 2 saturated heterocycles. The lowest BCUT2D eigenvalue weighted by molar-refractivity contribution is 0.113. The van der Waals surface area contributed by atoms with Crippen molar-refractivity contribution in [1.29, 1.82) is 0 Å². The van der Waals surface area contributed by atoms with Gasteiger partial charge in [-0.05, 0) is 37.9 Å². The first-order chi connectivity index (χ1) is 14.2. The summed E-state index contributed by atoms with van der Waals surface area (Å²) in [5, 5.41) is 3.67. The Morgan fingerprint density at radius 3 is 2.76 bits per heavy atom. The Morgan fingerprint density at radius 1 is 1.17 bits per heavy atom. The zero-order valence-corrected chi connectivity index (χ0v) is 18.3. The zero-order chi connectivity index (χ0) is 19.8. The molecule has 0 unspecified atom stereocenters. The van der Waals surface area contributed by atoms with Gasteiger partial charge in [0.2, 0.25) is 0 Å². The smallest absolute Gasteiger partial charge is 0.323 e. The van der Waals surface area contributed by atoms with E-state index in [0.29, 0.717) is 11.0 Å². The first-order valence-electron chi connectivity index (χ1n) is 10.3. The van der Waals surface area contributed by atoms with Crippen LogP contribution in [0.25, 0.3) is 20.4 Å². The molecule has 7 nitrogen and oxygen atoms in total. The molecule has 2 aliphatic heterocycles. The largest absolute Gasteiger partial charge is 0.324 e. The van der Waals surface area contributed by atoms with E-state index >= 15 is 0 Å². The molecule has 1 aromatic carbocycles. The predicted octanol–water partition coefficient (Wildman–Crippen LogP) is 3.40. The molecular weight excluding hydrogens is 404 g/mol. The Labute approximate surface area is 178 Å². The van der Waals surface area contributed by atoms with Gasteiger partial charge in [-0.15, -0.1) is 11.3 Å². The van der Waals surface area contributed by atoms with Crippen molar-refractivity contribution in [3.63, 3.8) is 0 Å². The number of nitrogens with one attached hydrogen (secondary N) is 1. The molecule has 2 aliphatic rings. The van der Waals surface area contributed by atoms with Gasteiger partial charge < -0.3 is 14.7 Å². The lowest BCUT2D eigenvalue weighted by Crippen LogP contribution is -2.48. The Hall–Kier alpha value is -1.81. The summed E-state index contributed by atoms with van der Waals surface area (Å²) < 4.78 is 2.20. The first kappa shape index (κ1) is 19.2. The number of anilines is 1. The van der Waals surface area contributed by atoms with Crippen LogP contribution >= 0.6 is 22.7 Å². The van der Waals surface area contributed by atoms with Crippen LogP contribution in [0.1, 0.15) is 12.8 Å². The quantitative estimate of drug-likeness (QED) is 0.690. The van der Waals surface area contributed by atoms with E-state index in [-0.39, 0.29) is 6.03 Å². The van der Waals surface area contributed by atoms with Crippen LogP contribution in [0.15, 0.2) is 17.6 Å². The van der Waals surface area contributed by atoms with Crippen LogP contribution in [-0.4, -0.2) is 83.6 Å². The standard InChI is InChI=1S/C20H26N6OS2/c1-24-8-10-25(11-9-24)12-14-4-6-26(7-5-14)20(27)23-19-22-15-2-3-16-17(18(15)29-19)21-13-28-16/h2-3,13-14H,4-12H2,1H3,(H,22,23,27). The Bertz CT molecular complexity index is 1000. The van der Waals surface area contributed by atoms with E-state index in [4.69, 9.17) is 0 Å². The fourth-order valence-corrected chi connectivity index (χ4v) is 5.95. The number of fused-ring (bicyclic) bond motifs is 3. The molecule has 4 heterocycles. The summed E-state index contributed by atoms with van der Waals surface area (Å²) in [4.78, 5) is 28.7.